The summed E-state index contributed by atoms with van der Waals surface area (Å²) in [6.45, 7) is 0.829. The minimum Gasteiger partial charge on any atom is -0.504 e. The molecule has 1 aliphatic rings. The maximum absolute atomic E-state index is 13.0. The van der Waals surface area contributed by atoms with E-state index in [-0.39, 0.29) is 6.04 Å². The van der Waals surface area contributed by atoms with E-state index < -0.39 is 17.4 Å². The minimum atomic E-state index is -1.18. The molecule has 14 heavy (non-hydrogen) atoms. The average Bonchev–Trinajstić information content (AvgIpc) is 2.05. The summed E-state index contributed by atoms with van der Waals surface area (Å²) in [7, 11) is 0. The third kappa shape index (κ3) is 1.40. The molecule has 1 saturated heterocycles. The third-order valence-electron chi connectivity index (χ3n) is 2.36. The molecule has 76 valence electrons. The Bertz CT molecular complexity index is 380. The van der Waals surface area contributed by atoms with E-state index in [9.17, 15) is 13.9 Å². The second-order valence-corrected chi connectivity index (χ2v) is 4.07. The zero-order valence-corrected chi connectivity index (χ0v) is 8.74. The number of aromatic hydroxyl groups is 1. The molecule has 0 radical (unpaired) electrons. The lowest BCUT2D eigenvalue weighted by molar-refractivity contribution is 0.346. The quantitative estimate of drug-likeness (QED) is 0.764. The van der Waals surface area contributed by atoms with Crippen LogP contribution in [-0.2, 0) is 0 Å². The number of halogens is 3. The molecule has 2 N–H and O–H groups in total. The van der Waals surface area contributed by atoms with Gasteiger partial charge < -0.3 is 10.4 Å². The molecule has 0 aromatic heterocycles. The molecule has 0 spiro atoms. The molecule has 0 bridgehead atoms. The Labute approximate surface area is 88.1 Å². The summed E-state index contributed by atoms with van der Waals surface area (Å²) in [6, 6.07) is 0.948. The molecule has 1 heterocycles. The first-order valence-corrected chi connectivity index (χ1v) is 5.00. The average molecular weight is 264 g/mol. The van der Waals surface area contributed by atoms with Crippen LogP contribution in [0.3, 0.4) is 0 Å². The Morgan fingerprint density at radius 1 is 1.50 bits per heavy atom. The summed E-state index contributed by atoms with van der Waals surface area (Å²) >= 11 is 3.10. The van der Waals surface area contributed by atoms with Crippen LogP contribution in [0.25, 0.3) is 0 Å². The highest BCUT2D eigenvalue weighted by Gasteiger charge is 2.27. The van der Waals surface area contributed by atoms with Gasteiger partial charge in [-0.25, -0.2) is 4.39 Å². The van der Waals surface area contributed by atoms with E-state index in [0.717, 1.165) is 19.0 Å². The largest absolute Gasteiger partial charge is 0.504 e. The smallest absolute Gasteiger partial charge is 0.200 e. The molecule has 0 unspecified atom stereocenters. The molecule has 0 amide bonds. The molecule has 5 heteroatoms. The van der Waals surface area contributed by atoms with Crippen molar-refractivity contribution in [2.24, 2.45) is 0 Å². The van der Waals surface area contributed by atoms with Crippen molar-refractivity contribution in [3.05, 3.63) is 27.7 Å². The van der Waals surface area contributed by atoms with Crippen molar-refractivity contribution in [3.8, 4) is 5.75 Å². The van der Waals surface area contributed by atoms with Gasteiger partial charge in [0, 0.05) is 16.1 Å². The van der Waals surface area contributed by atoms with Gasteiger partial charge in [0.25, 0.3) is 0 Å². The third-order valence-corrected chi connectivity index (χ3v) is 3.01. The normalized spacial score (nSPS) is 20.6. The number of hydrogen-bond acceptors (Lipinski definition) is 2. The van der Waals surface area contributed by atoms with Crippen molar-refractivity contribution in [2.75, 3.05) is 6.54 Å². The maximum Gasteiger partial charge on any atom is 0.200 e. The molecular formula is C9H8BrF2NO. The summed E-state index contributed by atoms with van der Waals surface area (Å²) in [5.74, 6) is -2.83. The van der Waals surface area contributed by atoms with Crippen molar-refractivity contribution in [3.63, 3.8) is 0 Å². The second-order valence-electron chi connectivity index (χ2n) is 3.21. The SMILES string of the molecule is Oc1c(F)c(F)cc(Br)c1[C@H]1CCN1. The lowest BCUT2D eigenvalue weighted by atomic mass is 9.97. The molecule has 1 aromatic carbocycles. The molecule has 1 fully saturated rings. The lowest BCUT2D eigenvalue weighted by Gasteiger charge is -2.29. The number of benzene rings is 1. The number of rotatable bonds is 1. The Balaban J connectivity index is 2.52. The monoisotopic (exact) mass is 263 g/mol. The van der Waals surface area contributed by atoms with Gasteiger partial charge in [-0.2, -0.15) is 4.39 Å². The number of phenolic OH excluding ortho intramolecular Hbond substituents is 1. The molecule has 1 aromatic rings. The topological polar surface area (TPSA) is 32.3 Å². The van der Waals surface area contributed by atoms with Gasteiger partial charge >= 0.3 is 0 Å². The van der Waals surface area contributed by atoms with Crippen molar-refractivity contribution in [1.82, 2.24) is 5.32 Å². The highest BCUT2D eigenvalue weighted by atomic mass is 79.9. The van der Waals surface area contributed by atoms with Gasteiger partial charge in [0.2, 0.25) is 5.82 Å². The first kappa shape index (κ1) is 9.86. The summed E-state index contributed by atoms with van der Waals surface area (Å²) in [4.78, 5) is 0. The predicted octanol–water partition coefficient (Wildman–Crippen LogP) is 2.47. The summed E-state index contributed by atoms with van der Waals surface area (Å²) in [5, 5.41) is 12.4. The Kier molecular flexibility index (Phi) is 2.45. The highest BCUT2D eigenvalue weighted by Crippen LogP contribution is 2.38. The molecular weight excluding hydrogens is 256 g/mol. The van der Waals surface area contributed by atoms with Crippen LogP contribution in [0.4, 0.5) is 8.78 Å². The van der Waals surface area contributed by atoms with E-state index in [4.69, 9.17) is 0 Å². The van der Waals surface area contributed by atoms with Gasteiger partial charge in [0.15, 0.2) is 11.6 Å². The standard InChI is InChI=1S/C9H8BrF2NO/c10-4-3-5(11)8(12)9(14)7(4)6-1-2-13-6/h3,6,13-14H,1-2H2/t6-/m1/s1. The molecule has 1 atom stereocenters. The van der Waals surface area contributed by atoms with Crippen LogP contribution >= 0.6 is 15.9 Å². The molecule has 2 nitrogen and oxygen atoms in total. The summed E-state index contributed by atoms with van der Waals surface area (Å²) < 4.78 is 26.2. The molecule has 0 saturated carbocycles. The van der Waals surface area contributed by atoms with Crippen LogP contribution in [0.5, 0.6) is 5.75 Å². The van der Waals surface area contributed by atoms with E-state index in [1.54, 1.807) is 0 Å². The van der Waals surface area contributed by atoms with Crippen LogP contribution in [-0.4, -0.2) is 11.7 Å². The van der Waals surface area contributed by atoms with Crippen LogP contribution in [0.1, 0.15) is 18.0 Å². The van der Waals surface area contributed by atoms with E-state index in [1.165, 1.54) is 0 Å². The van der Waals surface area contributed by atoms with E-state index >= 15 is 0 Å². The van der Waals surface area contributed by atoms with Crippen LogP contribution in [0, 0.1) is 11.6 Å². The number of phenols is 1. The first-order valence-electron chi connectivity index (χ1n) is 4.21. The molecule has 1 aliphatic heterocycles. The minimum absolute atomic E-state index is 0.0838. The van der Waals surface area contributed by atoms with Gasteiger partial charge in [-0.15, -0.1) is 0 Å². The fraction of sp³-hybridized carbons (Fsp3) is 0.333. The second kappa shape index (κ2) is 3.47. The van der Waals surface area contributed by atoms with Gasteiger partial charge in [0.1, 0.15) is 0 Å². The fourth-order valence-electron chi connectivity index (χ4n) is 1.46. The fourth-order valence-corrected chi connectivity index (χ4v) is 2.13. The predicted molar refractivity (Wildman–Crippen MR) is 51.1 cm³/mol. The summed E-state index contributed by atoms with van der Waals surface area (Å²) in [5.41, 5.74) is 0.398. The van der Waals surface area contributed by atoms with Crippen LogP contribution < -0.4 is 5.32 Å². The Morgan fingerprint density at radius 2 is 2.14 bits per heavy atom. The van der Waals surface area contributed by atoms with E-state index in [2.05, 4.69) is 21.2 Å². The van der Waals surface area contributed by atoms with Gasteiger partial charge in [0.05, 0.1) is 0 Å². The van der Waals surface area contributed by atoms with Crippen molar-refractivity contribution in [2.45, 2.75) is 12.5 Å². The van der Waals surface area contributed by atoms with Gasteiger partial charge in [-0.3, -0.25) is 0 Å². The molecule has 0 aliphatic carbocycles. The molecule has 2 rings (SSSR count). The maximum atomic E-state index is 13.0. The lowest BCUT2D eigenvalue weighted by Crippen LogP contribution is -2.35. The first-order chi connectivity index (χ1) is 6.61. The van der Waals surface area contributed by atoms with Crippen LogP contribution in [0.15, 0.2) is 10.5 Å². The zero-order valence-electron chi connectivity index (χ0n) is 7.15. The number of hydrogen-bond donors (Lipinski definition) is 2. The van der Waals surface area contributed by atoms with E-state index in [0.29, 0.717) is 10.0 Å². The number of nitrogens with one attached hydrogen (secondary N) is 1. The highest BCUT2D eigenvalue weighted by molar-refractivity contribution is 9.10. The van der Waals surface area contributed by atoms with Gasteiger partial charge in [-0.1, -0.05) is 15.9 Å². The van der Waals surface area contributed by atoms with Crippen molar-refractivity contribution in [1.29, 1.82) is 0 Å². The summed E-state index contributed by atoms with van der Waals surface area (Å²) in [6.07, 6.45) is 0.817. The van der Waals surface area contributed by atoms with Crippen LogP contribution in [0.2, 0.25) is 0 Å². The zero-order chi connectivity index (χ0) is 10.3. The Hall–Kier alpha value is -0.680. The Morgan fingerprint density at radius 3 is 2.64 bits per heavy atom. The van der Waals surface area contributed by atoms with Crippen molar-refractivity contribution >= 4 is 15.9 Å². The van der Waals surface area contributed by atoms with E-state index in [1.807, 2.05) is 0 Å². The van der Waals surface area contributed by atoms with Crippen molar-refractivity contribution < 1.29 is 13.9 Å². The van der Waals surface area contributed by atoms with Gasteiger partial charge in [-0.05, 0) is 19.0 Å².